The number of aliphatic hydroxyl groups is 1. The summed E-state index contributed by atoms with van der Waals surface area (Å²) < 4.78 is 1.79. The molecule has 0 aliphatic rings. The maximum Gasteiger partial charge on any atom is 0.257 e. The van der Waals surface area contributed by atoms with E-state index >= 15 is 0 Å². The first-order valence-electron chi connectivity index (χ1n) is 11.9. The molecular formula is C30H29N3O2. The zero-order valence-corrected chi connectivity index (χ0v) is 20.2. The highest BCUT2D eigenvalue weighted by molar-refractivity contribution is 5.70. The maximum absolute atomic E-state index is 13.7. The van der Waals surface area contributed by atoms with E-state index in [-0.39, 0.29) is 12.2 Å². The zero-order chi connectivity index (χ0) is 24.8. The molecule has 1 N–H and O–H groups in total. The Bertz CT molecular complexity index is 1430. The fourth-order valence-electron chi connectivity index (χ4n) is 4.38. The van der Waals surface area contributed by atoms with Gasteiger partial charge in [0.25, 0.3) is 5.56 Å². The van der Waals surface area contributed by atoms with Gasteiger partial charge in [0, 0.05) is 24.1 Å². The lowest BCUT2D eigenvalue weighted by atomic mass is 9.99. The second-order valence-electron chi connectivity index (χ2n) is 8.74. The van der Waals surface area contributed by atoms with Gasteiger partial charge in [-0.15, -0.1) is 0 Å². The Labute approximate surface area is 206 Å². The Balaban J connectivity index is 1.68. The second-order valence-corrected chi connectivity index (χ2v) is 8.74. The average Bonchev–Trinajstić information content (AvgIpc) is 2.89. The van der Waals surface area contributed by atoms with Gasteiger partial charge in [-0.05, 0) is 47.2 Å². The van der Waals surface area contributed by atoms with Gasteiger partial charge in [-0.25, -0.2) is 4.98 Å². The molecule has 4 aromatic rings. The minimum absolute atomic E-state index is 0.0192. The molecule has 0 saturated carbocycles. The fraction of sp³-hybridized carbons (Fsp3) is 0.233. The largest absolute Gasteiger partial charge is 0.392 e. The SMILES string of the molecule is CCCc1nc(C)c(Cc2cccc(CO)c2)c(=O)n1Cc1ccc(-c2ccccc2C#N)cc1. The van der Waals surface area contributed by atoms with Gasteiger partial charge in [0.05, 0.1) is 24.8 Å². The van der Waals surface area contributed by atoms with Crippen LogP contribution in [0.15, 0.2) is 77.6 Å². The van der Waals surface area contributed by atoms with Crippen molar-refractivity contribution in [2.45, 2.75) is 46.3 Å². The van der Waals surface area contributed by atoms with Crippen molar-refractivity contribution in [1.82, 2.24) is 9.55 Å². The first-order chi connectivity index (χ1) is 17.0. The van der Waals surface area contributed by atoms with E-state index in [2.05, 4.69) is 13.0 Å². The molecule has 0 fully saturated rings. The maximum atomic E-state index is 13.7. The fourth-order valence-corrected chi connectivity index (χ4v) is 4.38. The molecule has 0 amide bonds. The number of rotatable bonds is 8. The molecule has 1 heterocycles. The van der Waals surface area contributed by atoms with E-state index in [9.17, 15) is 15.2 Å². The summed E-state index contributed by atoms with van der Waals surface area (Å²) >= 11 is 0. The molecule has 3 aromatic carbocycles. The first-order valence-corrected chi connectivity index (χ1v) is 11.9. The molecule has 0 unspecified atom stereocenters. The van der Waals surface area contributed by atoms with Crippen LogP contribution in [0.2, 0.25) is 0 Å². The number of nitriles is 1. The number of hydrogen-bond donors (Lipinski definition) is 1. The molecule has 0 saturated heterocycles. The minimum atomic E-state index is -0.0282. The first kappa shape index (κ1) is 24.1. The van der Waals surface area contributed by atoms with Crippen molar-refractivity contribution < 1.29 is 5.11 Å². The Kier molecular flexibility index (Phi) is 7.54. The highest BCUT2D eigenvalue weighted by atomic mass is 16.3. The van der Waals surface area contributed by atoms with Gasteiger partial charge >= 0.3 is 0 Å². The van der Waals surface area contributed by atoms with Gasteiger partial charge in [-0.2, -0.15) is 5.26 Å². The predicted octanol–water partition coefficient (Wildman–Crippen LogP) is 5.17. The third-order valence-corrected chi connectivity index (χ3v) is 6.23. The van der Waals surface area contributed by atoms with Crippen molar-refractivity contribution in [2.24, 2.45) is 0 Å². The van der Waals surface area contributed by atoms with Crippen LogP contribution in [0.3, 0.4) is 0 Å². The van der Waals surface area contributed by atoms with Crippen molar-refractivity contribution in [3.05, 3.63) is 122 Å². The molecule has 5 heteroatoms. The Morgan fingerprint density at radius 1 is 0.971 bits per heavy atom. The lowest BCUT2D eigenvalue weighted by molar-refractivity contribution is 0.281. The van der Waals surface area contributed by atoms with Crippen LogP contribution in [0.1, 0.15) is 52.7 Å². The Morgan fingerprint density at radius 3 is 2.43 bits per heavy atom. The van der Waals surface area contributed by atoms with Crippen molar-refractivity contribution in [3.63, 3.8) is 0 Å². The Morgan fingerprint density at radius 2 is 1.71 bits per heavy atom. The molecule has 0 spiro atoms. The second kappa shape index (κ2) is 10.9. The zero-order valence-electron chi connectivity index (χ0n) is 20.2. The van der Waals surface area contributed by atoms with Crippen LogP contribution in [0.5, 0.6) is 0 Å². The molecule has 0 aliphatic carbocycles. The van der Waals surface area contributed by atoms with Gasteiger partial charge in [0.1, 0.15) is 5.82 Å². The minimum Gasteiger partial charge on any atom is -0.392 e. The molecule has 5 nitrogen and oxygen atoms in total. The highest BCUT2D eigenvalue weighted by Crippen LogP contribution is 2.24. The highest BCUT2D eigenvalue weighted by Gasteiger charge is 2.15. The number of aliphatic hydroxyl groups excluding tert-OH is 1. The van der Waals surface area contributed by atoms with Gasteiger partial charge < -0.3 is 5.11 Å². The number of benzene rings is 3. The molecular weight excluding hydrogens is 434 g/mol. The van der Waals surface area contributed by atoms with E-state index in [1.54, 1.807) is 4.57 Å². The molecule has 1 aromatic heterocycles. The number of aromatic nitrogens is 2. The Hall–Kier alpha value is -4.01. The van der Waals surface area contributed by atoms with E-state index in [1.165, 1.54) is 0 Å². The number of hydrogen-bond acceptors (Lipinski definition) is 4. The third-order valence-electron chi connectivity index (χ3n) is 6.23. The van der Waals surface area contributed by atoms with Crippen LogP contribution in [0, 0.1) is 18.3 Å². The smallest absolute Gasteiger partial charge is 0.257 e. The van der Waals surface area contributed by atoms with Crippen LogP contribution in [-0.2, 0) is 26.0 Å². The van der Waals surface area contributed by atoms with E-state index in [0.29, 0.717) is 24.1 Å². The van der Waals surface area contributed by atoms with E-state index in [4.69, 9.17) is 4.98 Å². The molecule has 0 radical (unpaired) electrons. The monoisotopic (exact) mass is 463 g/mol. The summed E-state index contributed by atoms with van der Waals surface area (Å²) in [5, 5.41) is 18.9. The quantitative estimate of drug-likeness (QED) is 0.391. The topological polar surface area (TPSA) is 78.9 Å². The number of nitrogens with zero attached hydrogens (tertiary/aromatic N) is 3. The van der Waals surface area contributed by atoms with Crippen LogP contribution < -0.4 is 5.56 Å². The molecule has 0 atom stereocenters. The lowest BCUT2D eigenvalue weighted by Crippen LogP contribution is -2.30. The molecule has 0 bridgehead atoms. The molecule has 176 valence electrons. The normalized spacial score (nSPS) is 10.8. The summed E-state index contributed by atoms with van der Waals surface area (Å²) in [4.78, 5) is 18.5. The van der Waals surface area contributed by atoms with Crippen LogP contribution >= 0.6 is 0 Å². The summed E-state index contributed by atoms with van der Waals surface area (Å²) in [5.41, 5.74) is 6.73. The lowest BCUT2D eigenvalue weighted by Gasteiger charge is -2.16. The molecule has 35 heavy (non-hydrogen) atoms. The molecule has 0 aliphatic heterocycles. The van der Waals surface area contributed by atoms with Gasteiger partial charge in [0.2, 0.25) is 0 Å². The van der Waals surface area contributed by atoms with Crippen LogP contribution in [0.25, 0.3) is 11.1 Å². The van der Waals surface area contributed by atoms with E-state index < -0.39 is 0 Å². The third kappa shape index (κ3) is 5.40. The summed E-state index contributed by atoms with van der Waals surface area (Å²) in [5.74, 6) is 0.793. The van der Waals surface area contributed by atoms with E-state index in [1.807, 2.05) is 79.7 Å². The van der Waals surface area contributed by atoms with Crippen molar-refractivity contribution in [1.29, 1.82) is 5.26 Å². The van der Waals surface area contributed by atoms with E-state index in [0.717, 1.165) is 52.2 Å². The van der Waals surface area contributed by atoms with Crippen molar-refractivity contribution >= 4 is 0 Å². The predicted molar refractivity (Wildman–Crippen MR) is 138 cm³/mol. The van der Waals surface area contributed by atoms with Crippen LogP contribution in [-0.4, -0.2) is 14.7 Å². The van der Waals surface area contributed by atoms with Gasteiger partial charge in [0.15, 0.2) is 0 Å². The summed E-state index contributed by atoms with van der Waals surface area (Å²) in [7, 11) is 0. The van der Waals surface area contributed by atoms with Crippen LogP contribution in [0.4, 0.5) is 0 Å². The summed E-state index contributed by atoms with van der Waals surface area (Å²) in [6, 6.07) is 25.5. The van der Waals surface area contributed by atoms with Crippen molar-refractivity contribution in [3.8, 4) is 17.2 Å². The van der Waals surface area contributed by atoms with Gasteiger partial charge in [-0.3, -0.25) is 9.36 Å². The van der Waals surface area contributed by atoms with Gasteiger partial charge in [-0.1, -0.05) is 73.7 Å². The van der Waals surface area contributed by atoms with Crippen molar-refractivity contribution in [2.75, 3.05) is 0 Å². The summed E-state index contributed by atoms with van der Waals surface area (Å²) in [6.45, 7) is 4.39. The number of aryl methyl sites for hydroxylation is 2. The molecule has 4 rings (SSSR count). The average molecular weight is 464 g/mol. The standard InChI is InChI=1S/C30H29N3O2/c1-3-7-29-32-21(2)28(17-23-8-6-9-24(16-23)20-34)30(35)33(29)19-22-12-14-25(15-13-22)27-11-5-4-10-26(27)18-31/h4-6,8-16,34H,3,7,17,19-20H2,1-2H3. The summed E-state index contributed by atoms with van der Waals surface area (Å²) in [6.07, 6.45) is 2.10.